The number of amides is 1. The van der Waals surface area contributed by atoms with E-state index in [0.29, 0.717) is 23.0 Å². The summed E-state index contributed by atoms with van der Waals surface area (Å²) in [7, 11) is 1.68. The van der Waals surface area contributed by atoms with Crippen LogP contribution in [-0.2, 0) is 26.2 Å². The summed E-state index contributed by atoms with van der Waals surface area (Å²) in [6.07, 6.45) is 4.07. The molecule has 2 aromatic carbocycles. The van der Waals surface area contributed by atoms with Crippen LogP contribution in [0.1, 0.15) is 51.2 Å². The highest BCUT2D eigenvalue weighted by molar-refractivity contribution is 6.42. The Kier molecular flexibility index (Phi) is 10.4. The number of likely N-dealkylation sites (tertiary alicyclic amines) is 1. The van der Waals surface area contributed by atoms with Crippen molar-refractivity contribution in [1.82, 2.24) is 9.80 Å². The maximum atomic E-state index is 14.0. The molecule has 6 nitrogen and oxygen atoms in total. The third-order valence-corrected chi connectivity index (χ3v) is 9.34. The molecular weight excluding hydrogens is 559 g/mol. The SMILES string of the molecule is C=CCN1CC[C@@]2(c3cccc(OC)c3)C[C@@H](N(CC(C)C)C(=O)Cc3ccc(Cl)c(Cl)c3)CC(OC(C)=O)[C@@H]2C1. The predicted molar refractivity (Wildman–Crippen MR) is 165 cm³/mol. The number of hydrogen-bond acceptors (Lipinski definition) is 5. The second kappa shape index (κ2) is 13.6. The third-order valence-electron chi connectivity index (χ3n) is 8.60. The molecule has 4 atom stereocenters. The monoisotopic (exact) mass is 600 g/mol. The molecule has 2 aliphatic rings. The fourth-order valence-electron chi connectivity index (χ4n) is 6.86. The Hall–Kier alpha value is -2.54. The van der Waals surface area contributed by atoms with Crippen molar-refractivity contribution in [3.8, 4) is 5.75 Å². The molecule has 1 unspecified atom stereocenters. The van der Waals surface area contributed by atoms with Crippen LogP contribution in [0, 0.1) is 11.8 Å². The Balaban J connectivity index is 1.76. The van der Waals surface area contributed by atoms with E-state index in [-0.39, 0.29) is 47.7 Å². The quantitative estimate of drug-likeness (QED) is 0.228. The molecule has 1 aliphatic carbocycles. The Labute approximate surface area is 254 Å². The van der Waals surface area contributed by atoms with Crippen LogP contribution in [0.15, 0.2) is 55.1 Å². The number of methoxy groups -OCH3 is 1. The summed E-state index contributed by atoms with van der Waals surface area (Å²) in [5.41, 5.74) is 1.70. The summed E-state index contributed by atoms with van der Waals surface area (Å²) in [5, 5.41) is 0.901. The standard InChI is InChI=1S/C33H42Cl2N2O4/c1-6-13-36-14-12-33(25-8-7-9-27(17-25)40-5)19-26(18-31(28(33)21-36)41-23(4)38)37(20-22(2)3)32(39)16-24-10-11-29(34)30(35)15-24/h6-11,15,17,22,26,28,31H,1,12-14,16,18-21H2,2-5H3/t26-,28-,31?,33-/m0/s1. The number of ether oxygens (including phenoxy) is 2. The molecule has 0 spiro atoms. The summed E-state index contributed by atoms with van der Waals surface area (Å²) in [5.74, 6) is 0.861. The van der Waals surface area contributed by atoms with Crippen molar-refractivity contribution in [2.45, 2.75) is 64.0 Å². The number of carbonyl (C=O) groups excluding carboxylic acids is 2. The highest BCUT2D eigenvalue weighted by atomic mass is 35.5. The Morgan fingerprint density at radius 3 is 2.63 bits per heavy atom. The Bertz CT molecular complexity index is 1250. The normalized spacial score (nSPS) is 24.4. The molecule has 0 aromatic heterocycles. The summed E-state index contributed by atoms with van der Waals surface area (Å²) in [6.45, 7) is 12.7. The number of carbonyl (C=O) groups is 2. The number of rotatable bonds is 10. The molecule has 1 saturated heterocycles. The van der Waals surface area contributed by atoms with Gasteiger partial charge in [-0.2, -0.15) is 0 Å². The average molecular weight is 602 g/mol. The first-order valence-electron chi connectivity index (χ1n) is 14.4. The van der Waals surface area contributed by atoms with E-state index in [9.17, 15) is 9.59 Å². The molecular formula is C33H42Cl2N2O4. The van der Waals surface area contributed by atoms with Crippen molar-refractivity contribution in [2.75, 3.05) is 33.3 Å². The molecule has 41 heavy (non-hydrogen) atoms. The minimum absolute atomic E-state index is 0.0343. The molecule has 2 aromatic rings. The third kappa shape index (κ3) is 7.28. The zero-order valence-corrected chi connectivity index (χ0v) is 26.1. The summed E-state index contributed by atoms with van der Waals surface area (Å²) in [6, 6.07) is 13.5. The lowest BCUT2D eigenvalue weighted by atomic mass is 9.56. The number of nitrogens with zero attached hydrogens (tertiary/aromatic N) is 2. The van der Waals surface area contributed by atoms with Crippen molar-refractivity contribution in [1.29, 1.82) is 0 Å². The number of benzene rings is 2. The molecule has 0 radical (unpaired) electrons. The molecule has 8 heteroatoms. The molecule has 1 aliphatic heterocycles. The minimum atomic E-state index is -0.336. The molecule has 1 heterocycles. The highest BCUT2D eigenvalue weighted by Gasteiger charge is 2.54. The smallest absolute Gasteiger partial charge is 0.302 e. The van der Waals surface area contributed by atoms with Gasteiger partial charge in [-0.25, -0.2) is 0 Å². The second-order valence-corrected chi connectivity index (χ2v) is 12.7. The van der Waals surface area contributed by atoms with Gasteiger partial charge >= 0.3 is 5.97 Å². The number of hydrogen-bond donors (Lipinski definition) is 0. The fraction of sp³-hybridized carbons (Fsp3) is 0.515. The van der Waals surface area contributed by atoms with Crippen LogP contribution in [0.4, 0.5) is 0 Å². The van der Waals surface area contributed by atoms with E-state index in [1.165, 1.54) is 12.5 Å². The molecule has 0 N–H and O–H groups in total. The average Bonchev–Trinajstić information content (AvgIpc) is 2.93. The van der Waals surface area contributed by atoms with E-state index in [4.69, 9.17) is 32.7 Å². The van der Waals surface area contributed by atoms with Crippen LogP contribution in [0.25, 0.3) is 0 Å². The van der Waals surface area contributed by atoms with Crippen LogP contribution >= 0.6 is 23.2 Å². The van der Waals surface area contributed by atoms with Gasteiger partial charge in [0, 0.05) is 50.4 Å². The van der Waals surface area contributed by atoms with Crippen molar-refractivity contribution in [2.24, 2.45) is 11.8 Å². The molecule has 4 rings (SSSR count). The number of halogens is 2. The van der Waals surface area contributed by atoms with Gasteiger partial charge in [0.05, 0.1) is 23.6 Å². The predicted octanol–water partition coefficient (Wildman–Crippen LogP) is 6.57. The van der Waals surface area contributed by atoms with Gasteiger partial charge in [0.1, 0.15) is 11.9 Å². The maximum Gasteiger partial charge on any atom is 0.302 e. The van der Waals surface area contributed by atoms with Gasteiger partial charge in [0.15, 0.2) is 0 Å². The van der Waals surface area contributed by atoms with Crippen LogP contribution in [0.3, 0.4) is 0 Å². The van der Waals surface area contributed by atoms with Crippen LogP contribution in [0.2, 0.25) is 10.0 Å². The van der Waals surface area contributed by atoms with Gasteiger partial charge in [0.2, 0.25) is 5.91 Å². The van der Waals surface area contributed by atoms with E-state index in [0.717, 1.165) is 43.8 Å². The molecule has 222 valence electrons. The molecule has 1 amide bonds. The van der Waals surface area contributed by atoms with Gasteiger partial charge in [-0.1, -0.05) is 61.3 Å². The van der Waals surface area contributed by atoms with Crippen molar-refractivity contribution in [3.63, 3.8) is 0 Å². The summed E-state index contributed by atoms with van der Waals surface area (Å²) >= 11 is 12.4. The van der Waals surface area contributed by atoms with Crippen molar-refractivity contribution < 1.29 is 19.1 Å². The van der Waals surface area contributed by atoms with E-state index in [1.807, 2.05) is 29.2 Å². The van der Waals surface area contributed by atoms with Crippen LogP contribution < -0.4 is 4.74 Å². The topological polar surface area (TPSA) is 59.1 Å². The largest absolute Gasteiger partial charge is 0.497 e. The van der Waals surface area contributed by atoms with E-state index in [1.54, 1.807) is 19.2 Å². The summed E-state index contributed by atoms with van der Waals surface area (Å²) in [4.78, 5) is 30.9. The second-order valence-electron chi connectivity index (χ2n) is 11.9. The lowest BCUT2D eigenvalue weighted by Crippen LogP contribution is -2.62. The van der Waals surface area contributed by atoms with Gasteiger partial charge < -0.3 is 14.4 Å². The van der Waals surface area contributed by atoms with Gasteiger partial charge in [-0.05, 0) is 60.7 Å². The molecule has 2 fully saturated rings. The van der Waals surface area contributed by atoms with Crippen LogP contribution in [-0.4, -0.2) is 67.1 Å². The fourth-order valence-corrected chi connectivity index (χ4v) is 7.18. The maximum absolute atomic E-state index is 14.0. The lowest BCUT2D eigenvalue weighted by Gasteiger charge is -2.56. The van der Waals surface area contributed by atoms with E-state index in [2.05, 4.69) is 37.5 Å². The molecule has 1 saturated carbocycles. The zero-order chi connectivity index (χ0) is 29.7. The molecule has 0 bridgehead atoms. The first kappa shape index (κ1) is 31.4. The van der Waals surface area contributed by atoms with Crippen molar-refractivity contribution >= 4 is 35.1 Å². The first-order chi connectivity index (χ1) is 19.6. The Morgan fingerprint density at radius 1 is 1.20 bits per heavy atom. The van der Waals surface area contributed by atoms with Crippen molar-refractivity contribution in [3.05, 3.63) is 76.3 Å². The number of piperidine rings is 1. The van der Waals surface area contributed by atoms with Gasteiger partial charge in [-0.3, -0.25) is 14.5 Å². The highest BCUT2D eigenvalue weighted by Crippen LogP contribution is 2.51. The van der Waals surface area contributed by atoms with E-state index < -0.39 is 0 Å². The zero-order valence-electron chi connectivity index (χ0n) is 24.6. The van der Waals surface area contributed by atoms with Gasteiger partial charge in [-0.15, -0.1) is 6.58 Å². The number of fused-ring (bicyclic) bond motifs is 1. The van der Waals surface area contributed by atoms with Gasteiger partial charge in [0.25, 0.3) is 0 Å². The first-order valence-corrected chi connectivity index (χ1v) is 15.2. The number of esters is 1. The van der Waals surface area contributed by atoms with E-state index >= 15 is 0 Å². The van der Waals surface area contributed by atoms with Crippen LogP contribution in [0.5, 0.6) is 5.75 Å². The summed E-state index contributed by atoms with van der Waals surface area (Å²) < 4.78 is 11.7. The Morgan fingerprint density at radius 2 is 1.98 bits per heavy atom. The lowest BCUT2D eigenvalue weighted by molar-refractivity contribution is -0.161. The minimum Gasteiger partial charge on any atom is -0.497 e.